The average molecular weight is 435 g/mol. The van der Waals surface area contributed by atoms with Gasteiger partial charge in [0, 0.05) is 54.8 Å². The Morgan fingerprint density at radius 2 is 1.72 bits per heavy atom. The molecule has 0 bridgehead atoms. The molecule has 0 atom stereocenters. The van der Waals surface area contributed by atoms with Gasteiger partial charge in [-0.05, 0) is 30.7 Å². The van der Waals surface area contributed by atoms with Crippen molar-refractivity contribution in [2.24, 2.45) is 0 Å². The van der Waals surface area contributed by atoms with Crippen LogP contribution in [0.25, 0.3) is 21.8 Å². The first-order chi connectivity index (χ1) is 15.6. The smallest absolute Gasteiger partial charge is 0.204 e. The molecule has 4 rings (SSSR count). The van der Waals surface area contributed by atoms with Crippen molar-refractivity contribution in [3.05, 3.63) is 53.7 Å². The SMILES string of the molecule is COc1cc2nc(N(C)C)c(CNCCc3c[nH]c4ccccc34)cc2c(OC)c1OC. The molecule has 2 N–H and O–H groups in total. The van der Waals surface area contributed by atoms with Gasteiger partial charge in [0.25, 0.3) is 0 Å². The van der Waals surface area contributed by atoms with Gasteiger partial charge in [-0.25, -0.2) is 4.98 Å². The number of rotatable bonds is 9. The van der Waals surface area contributed by atoms with Crippen LogP contribution in [-0.2, 0) is 13.0 Å². The summed E-state index contributed by atoms with van der Waals surface area (Å²) in [6.45, 7) is 1.55. The lowest BCUT2D eigenvalue weighted by atomic mass is 10.1. The van der Waals surface area contributed by atoms with E-state index in [-0.39, 0.29) is 0 Å². The normalized spacial score (nSPS) is 11.2. The molecule has 0 spiro atoms. The Balaban J connectivity index is 1.59. The van der Waals surface area contributed by atoms with Crippen LogP contribution < -0.4 is 24.4 Å². The van der Waals surface area contributed by atoms with Gasteiger partial charge in [0.05, 0.1) is 26.8 Å². The maximum Gasteiger partial charge on any atom is 0.204 e. The van der Waals surface area contributed by atoms with Crippen molar-refractivity contribution in [1.82, 2.24) is 15.3 Å². The molecule has 0 fully saturated rings. The minimum Gasteiger partial charge on any atom is -0.493 e. The number of nitrogens with zero attached hydrogens (tertiary/aromatic N) is 2. The first-order valence-electron chi connectivity index (χ1n) is 10.6. The number of pyridine rings is 1. The van der Waals surface area contributed by atoms with Gasteiger partial charge in [-0.15, -0.1) is 0 Å². The van der Waals surface area contributed by atoms with Gasteiger partial charge in [0.1, 0.15) is 5.82 Å². The van der Waals surface area contributed by atoms with Crippen molar-refractivity contribution in [2.45, 2.75) is 13.0 Å². The summed E-state index contributed by atoms with van der Waals surface area (Å²) in [7, 11) is 8.86. The number of aromatic nitrogens is 2. The maximum atomic E-state index is 5.68. The average Bonchev–Trinajstić information content (AvgIpc) is 3.22. The van der Waals surface area contributed by atoms with Crippen LogP contribution in [0.1, 0.15) is 11.1 Å². The third-order valence-corrected chi connectivity index (χ3v) is 5.66. The third kappa shape index (κ3) is 4.03. The van der Waals surface area contributed by atoms with Gasteiger partial charge in [-0.2, -0.15) is 0 Å². The topological polar surface area (TPSA) is 71.6 Å². The number of fused-ring (bicyclic) bond motifs is 2. The van der Waals surface area contributed by atoms with Crippen molar-refractivity contribution in [2.75, 3.05) is 46.9 Å². The molecule has 2 aromatic heterocycles. The predicted octanol–water partition coefficient (Wildman–Crippen LogP) is 4.14. The summed E-state index contributed by atoms with van der Waals surface area (Å²) in [6, 6.07) is 12.4. The van der Waals surface area contributed by atoms with Gasteiger partial charge in [-0.1, -0.05) is 18.2 Å². The number of para-hydroxylation sites is 1. The molecule has 0 saturated heterocycles. The molecule has 7 nitrogen and oxygen atoms in total. The van der Waals surface area contributed by atoms with E-state index < -0.39 is 0 Å². The zero-order chi connectivity index (χ0) is 22.7. The summed E-state index contributed by atoms with van der Waals surface area (Å²) >= 11 is 0. The molecule has 0 unspecified atom stereocenters. The van der Waals surface area contributed by atoms with E-state index in [9.17, 15) is 0 Å². The fourth-order valence-electron chi connectivity index (χ4n) is 4.12. The molecule has 4 aromatic rings. The van der Waals surface area contributed by atoms with Crippen molar-refractivity contribution in [3.63, 3.8) is 0 Å². The Morgan fingerprint density at radius 3 is 2.44 bits per heavy atom. The Hall–Kier alpha value is -3.45. The van der Waals surface area contributed by atoms with E-state index in [1.54, 1.807) is 21.3 Å². The zero-order valence-corrected chi connectivity index (χ0v) is 19.3. The molecule has 2 aromatic carbocycles. The van der Waals surface area contributed by atoms with Gasteiger partial charge in [0.2, 0.25) is 5.75 Å². The molecule has 2 heterocycles. The maximum absolute atomic E-state index is 5.68. The number of aromatic amines is 1. The Labute approximate surface area is 188 Å². The second-order valence-corrected chi connectivity index (χ2v) is 7.86. The van der Waals surface area contributed by atoms with Gasteiger partial charge < -0.3 is 29.4 Å². The molecule has 0 radical (unpaired) electrons. The first-order valence-corrected chi connectivity index (χ1v) is 10.6. The van der Waals surface area contributed by atoms with Crippen LogP contribution in [0.5, 0.6) is 17.2 Å². The Kier molecular flexibility index (Phi) is 6.37. The van der Waals surface area contributed by atoms with Crippen LogP contribution in [0.15, 0.2) is 42.6 Å². The highest BCUT2D eigenvalue weighted by atomic mass is 16.5. The van der Waals surface area contributed by atoms with Crippen LogP contribution in [0.3, 0.4) is 0 Å². The minimum atomic E-state index is 0.570. The second-order valence-electron chi connectivity index (χ2n) is 7.86. The van der Waals surface area contributed by atoms with E-state index in [0.717, 1.165) is 35.2 Å². The molecule has 0 saturated carbocycles. The molecule has 0 amide bonds. The zero-order valence-electron chi connectivity index (χ0n) is 19.3. The van der Waals surface area contributed by atoms with E-state index in [2.05, 4.69) is 46.8 Å². The molecule has 0 aliphatic rings. The monoisotopic (exact) mass is 434 g/mol. The van der Waals surface area contributed by atoms with E-state index in [0.29, 0.717) is 23.8 Å². The molecule has 0 aliphatic carbocycles. The van der Waals surface area contributed by atoms with E-state index in [4.69, 9.17) is 19.2 Å². The summed E-state index contributed by atoms with van der Waals surface area (Å²) < 4.78 is 16.7. The fourth-order valence-corrected chi connectivity index (χ4v) is 4.12. The van der Waals surface area contributed by atoms with Gasteiger partial charge in [-0.3, -0.25) is 0 Å². The van der Waals surface area contributed by atoms with Crippen LogP contribution in [0, 0.1) is 0 Å². The summed E-state index contributed by atoms with van der Waals surface area (Å²) in [5.74, 6) is 2.70. The highest BCUT2D eigenvalue weighted by Gasteiger charge is 2.19. The molecule has 0 aliphatic heterocycles. The fraction of sp³-hybridized carbons (Fsp3) is 0.320. The lowest BCUT2D eigenvalue weighted by molar-refractivity contribution is 0.327. The molecule has 168 valence electrons. The predicted molar refractivity (Wildman–Crippen MR) is 129 cm³/mol. The Morgan fingerprint density at radius 1 is 0.938 bits per heavy atom. The third-order valence-electron chi connectivity index (χ3n) is 5.66. The van der Waals surface area contributed by atoms with Crippen LogP contribution >= 0.6 is 0 Å². The van der Waals surface area contributed by atoms with Crippen molar-refractivity contribution in [3.8, 4) is 17.2 Å². The van der Waals surface area contributed by atoms with E-state index >= 15 is 0 Å². The van der Waals surface area contributed by atoms with E-state index in [1.165, 1.54) is 16.5 Å². The minimum absolute atomic E-state index is 0.570. The number of hydrogen-bond donors (Lipinski definition) is 2. The first kappa shape index (κ1) is 21.8. The Bertz CT molecular complexity index is 1230. The molecular weight excluding hydrogens is 404 g/mol. The van der Waals surface area contributed by atoms with Crippen LogP contribution in [0.4, 0.5) is 5.82 Å². The largest absolute Gasteiger partial charge is 0.493 e. The number of H-pyrrole nitrogens is 1. The lowest BCUT2D eigenvalue weighted by Gasteiger charge is -2.20. The standard InChI is InChI=1S/C25H30N4O3/c1-29(2)25-17(14-26-11-10-16-15-27-20-9-7-6-8-18(16)20)12-19-21(28-25)13-22(30-3)24(32-5)23(19)31-4/h6-9,12-13,15,26-27H,10-11,14H2,1-5H3. The number of anilines is 1. The van der Waals surface area contributed by atoms with Crippen LogP contribution in [-0.4, -0.2) is 51.9 Å². The van der Waals surface area contributed by atoms with Gasteiger partial charge in [0.15, 0.2) is 11.5 Å². The van der Waals surface area contributed by atoms with Crippen molar-refractivity contribution < 1.29 is 14.2 Å². The number of hydrogen-bond acceptors (Lipinski definition) is 6. The van der Waals surface area contributed by atoms with Crippen molar-refractivity contribution >= 4 is 27.6 Å². The number of methoxy groups -OCH3 is 3. The van der Waals surface area contributed by atoms with Crippen molar-refractivity contribution in [1.29, 1.82) is 0 Å². The lowest BCUT2D eigenvalue weighted by Crippen LogP contribution is -2.20. The quantitative estimate of drug-likeness (QED) is 0.386. The second kappa shape index (κ2) is 9.36. The number of ether oxygens (including phenoxy) is 3. The highest BCUT2D eigenvalue weighted by molar-refractivity contribution is 5.92. The number of nitrogens with one attached hydrogen (secondary N) is 2. The summed E-state index contributed by atoms with van der Waals surface area (Å²) in [5.41, 5.74) is 4.38. The summed E-state index contributed by atoms with van der Waals surface area (Å²) in [4.78, 5) is 10.3. The molecular formula is C25H30N4O3. The highest BCUT2D eigenvalue weighted by Crippen LogP contribution is 2.43. The molecule has 32 heavy (non-hydrogen) atoms. The summed E-state index contributed by atoms with van der Waals surface area (Å²) in [6.07, 6.45) is 3.04. The van der Waals surface area contributed by atoms with E-state index in [1.807, 2.05) is 25.1 Å². The molecule has 7 heteroatoms. The number of benzene rings is 2. The summed E-state index contributed by atoms with van der Waals surface area (Å²) in [5, 5.41) is 5.75. The van der Waals surface area contributed by atoms with Gasteiger partial charge >= 0.3 is 0 Å². The van der Waals surface area contributed by atoms with Crippen LogP contribution in [0.2, 0.25) is 0 Å².